The van der Waals surface area contributed by atoms with Crippen LogP contribution in [0.25, 0.3) is 0 Å². The van der Waals surface area contributed by atoms with Crippen molar-refractivity contribution in [3.05, 3.63) is 36.4 Å². The van der Waals surface area contributed by atoms with Crippen molar-refractivity contribution in [1.29, 1.82) is 0 Å². The monoisotopic (exact) mass is 318 g/mol. The third-order valence-corrected chi connectivity index (χ3v) is 3.96. The van der Waals surface area contributed by atoms with E-state index in [4.69, 9.17) is 4.74 Å². The van der Waals surface area contributed by atoms with E-state index in [-0.39, 0.29) is 6.03 Å². The van der Waals surface area contributed by atoms with Crippen LogP contribution in [0.3, 0.4) is 0 Å². The number of hydrogen-bond donors (Lipinski definition) is 3. The standard InChI is InChI=1S/C18H26N2O3/c1-14(2)12-23-16-8-6-15(7-9-16)20-17(21)19-13-18(22)10-4-3-5-11-18/h6-9,22H,1,3-5,10-13H2,2H3,(H2,19,20,21). The van der Waals surface area contributed by atoms with Crippen molar-refractivity contribution in [3.63, 3.8) is 0 Å². The number of hydrogen-bond acceptors (Lipinski definition) is 3. The fourth-order valence-electron chi connectivity index (χ4n) is 2.65. The van der Waals surface area contributed by atoms with Crippen LogP contribution in [0.1, 0.15) is 39.0 Å². The van der Waals surface area contributed by atoms with E-state index in [1.807, 2.05) is 6.92 Å². The van der Waals surface area contributed by atoms with Crippen molar-refractivity contribution in [1.82, 2.24) is 5.32 Å². The van der Waals surface area contributed by atoms with Crippen molar-refractivity contribution in [2.75, 3.05) is 18.5 Å². The highest BCUT2D eigenvalue weighted by Crippen LogP contribution is 2.27. The first kappa shape index (κ1) is 17.3. The van der Waals surface area contributed by atoms with Crippen LogP contribution in [-0.4, -0.2) is 29.9 Å². The van der Waals surface area contributed by atoms with E-state index in [0.717, 1.165) is 43.4 Å². The molecule has 0 spiro atoms. The molecule has 5 nitrogen and oxygen atoms in total. The Balaban J connectivity index is 1.77. The molecule has 3 N–H and O–H groups in total. The molecule has 0 unspecified atom stereocenters. The zero-order valence-corrected chi connectivity index (χ0v) is 13.7. The van der Waals surface area contributed by atoms with Gasteiger partial charge in [0.2, 0.25) is 0 Å². The summed E-state index contributed by atoms with van der Waals surface area (Å²) in [6.07, 6.45) is 4.70. The minimum absolute atomic E-state index is 0.290. The molecule has 1 aromatic carbocycles. The van der Waals surface area contributed by atoms with Crippen LogP contribution in [0.4, 0.5) is 10.5 Å². The molecule has 1 aliphatic rings. The molecular formula is C18H26N2O3. The normalized spacial score (nSPS) is 16.4. The molecule has 0 radical (unpaired) electrons. The van der Waals surface area contributed by atoms with Crippen LogP contribution in [0.15, 0.2) is 36.4 Å². The van der Waals surface area contributed by atoms with Gasteiger partial charge in [0.05, 0.1) is 5.60 Å². The summed E-state index contributed by atoms with van der Waals surface area (Å²) in [7, 11) is 0. The van der Waals surface area contributed by atoms with Crippen molar-refractivity contribution in [2.24, 2.45) is 0 Å². The summed E-state index contributed by atoms with van der Waals surface area (Å²) in [5.41, 5.74) is 0.878. The lowest BCUT2D eigenvalue weighted by atomic mass is 9.85. The molecule has 1 aliphatic carbocycles. The lowest BCUT2D eigenvalue weighted by Crippen LogP contribution is -2.45. The second kappa shape index (κ2) is 8.02. The summed E-state index contributed by atoms with van der Waals surface area (Å²) < 4.78 is 5.51. The van der Waals surface area contributed by atoms with E-state index < -0.39 is 5.60 Å². The summed E-state index contributed by atoms with van der Waals surface area (Å²) in [4.78, 5) is 11.9. The first-order valence-corrected chi connectivity index (χ1v) is 8.11. The van der Waals surface area contributed by atoms with Crippen LogP contribution in [0.5, 0.6) is 5.75 Å². The Kier molecular flexibility index (Phi) is 6.04. The largest absolute Gasteiger partial charge is 0.489 e. The number of urea groups is 1. The third kappa shape index (κ3) is 5.94. The number of carbonyl (C=O) groups is 1. The van der Waals surface area contributed by atoms with Crippen LogP contribution in [0, 0.1) is 0 Å². The molecule has 2 rings (SSSR count). The number of rotatable bonds is 6. The molecule has 0 heterocycles. The van der Waals surface area contributed by atoms with Gasteiger partial charge in [-0.05, 0) is 49.6 Å². The van der Waals surface area contributed by atoms with Crippen molar-refractivity contribution >= 4 is 11.7 Å². The highest BCUT2D eigenvalue weighted by atomic mass is 16.5. The highest BCUT2D eigenvalue weighted by Gasteiger charge is 2.29. The van der Waals surface area contributed by atoms with E-state index in [1.165, 1.54) is 0 Å². The number of nitrogens with one attached hydrogen (secondary N) is 2. The highest BCUT2D eigenvalue weighted by molar-refractivity contribution is 5.89. The molecule has 0 aromatic heterocycles. The molecule has 2 amide bonds. The Labute approximate surface area is 137 Å². The van der Waals surface area contributed by atoms with Gasteiger partial charge in [-0.1, -0.05) is 25.8 Å². The zero-order valence-electron chi connectivity index (χ0n) is 13.7. The smallest absolute Gasteiger partial charge is 0.319 e. The Morgan fingerprint density at radius 2 is 1.91 bits per heavy atom. The minimum Gasteiger partial charge on any atom is -0.489 e. The topological polar surface area (TPSA) is 70.6 Å². The average molecular weight is 318 g/mol. The van der Waals surface area contributed by atoms with E-state index >= 15 is 0 Å². The molecule has 0 saturated heterocycles. The van der Waals surface area contributed by atoms with Crippen LogP contribution < -0.4 is 15.4 Å². The lowest BCUT2D eigenvalue weighted by molar-refractivity contribution is 0.00755. The lowest BCUT2D eigenvalue weighted by Gasteiger charge is -2.32. The number of ether oxygens (including phenoxy) is 1. The number of carbonyl (C=O) groups excluding carboxylic acids is 1. The minimum atomic E-state index is -0.754. The van der Waals surface area contributed by atoms with Gasteiger partial charge in [0.15, 0.2) is 0 Å². The molecule has 1 fully saturated rings. The average Bonchev–Trinajstić information content (AvgIpc) is 2.53. The van der Waals surface area contributed by atoms with E-state index in [0.29, 0.717) is 18.8 Å². The van der Waals surface area contributed by atoms with Gasteiger partial charge in [-0.3, -0.25) is 0 Å². The van der Waals surface area contributed by atoms with Crippen LogP contribution in [0.2, 0.25) is 0 Å². The van der Waals surface area contributed by atoms with E-state index in [9.17, 15) is 9.90 Å². The van der Waals surface area contributed by atoms with Crippen LogP contribution >= 0.6 is 0 Å². The van der Waals surface area contributed by atoms with Gasteiger partial charge >= 0.3 is 6.03 Å². The maximum absolute atomic E-state index is 11.9. The van der Waals surface area contributed by atoms with E-state index in [1.54, 1.807) is 24.3 Å². The molecule has 0 bridgehead atoms. The van der Waals surface area contributed by atoms with Gasteiger partial charge in [-0.15, -0.1) is 0 Å². The number of benzene rings is 1. The SMILES string of the molecule is C=C(C)COc1ccc(NC(=O)NCC2(O)CCCCC2)cc1. The summed E-state index contributed by atoms with van der Waals surface area (Å²) in [6, 6.07) is 6.85. The molecule has 0 aliphatic heterocycles. The number of anilines is 1. The first-order valence-electron chi connectivity index (χ1n) is 8.11. The summed E-state index contributed by atoms with van der Waals surface area (Å²) in [5, 5.41) is 15.9. The van der Waals surface area contributed by atoms with Gasteiger partial charge in [0, 0.05) is 12.2 Å². The second-order valence-corrected chi connectivity index (χ2v) is 6.36. The van der Waals surface area contributed by atoms with Gasteiger partial charge in [-0.25, -0.2) is 4.79 Å². The van der Waals surface area contributed by atoms with Gasteiger partial charge in [-0.2, -0.15) is 0 Å². The fourth-order valence-corrected chi connectivity index (χ4v) is 2.65. The third-order valence-electron chi connectivity index (χ3n) is 3.96. The quantitative estimate of drug-likeness (QED) is 0.704. The van der Waals surface area contributed by atoms with Crippen LogP contribution in [-0.2, 0) is 0 Å². The maximum atomic E-state index is 11.9. The summed E-state index contributed by atoms with van der Waals surface area (Å²) in [6.45, 7) is 6.45. The Morgan fingerprint density at radius 1 is 1.26 bits per heavy atom. The summed E-state index contributed by atoms with van der Waals surface area (Å²) >= 11 is 0. The molecule has 1 aromatic rings. The van der Waals surface area contributed by atoms with Crippen molar-refractivity contribution in [3.8, 4) is 5.75 Å². The Bertz CT molecular complexity index is 534. The predicted molar refractivity (Wildman–Crippen MR) is 91.8 cm³/mol. The zero-order chi connectivity index (χ0) is 16.7. The first-order chi connectivity index (χ1) is 11.0. The predicted octanol–water partition coefficient (Wildman–Crippen LogP) is 3.46. The maximum Gasteiger partial charge on any atom is 0.319 e. The van der Waals surface area contributed by atoms with Crippen molar-refractivity contribution in [2.45, 2.75) is 44.6 Å². The number of amides is 2. The molecule has 0 atom stereocenters. The molecule has 126 valence electrons. The Hall–Kier alpha value is -2.01. The Morgan fingerprint density at radius 3 is 2.52 bits per heavy atom. The van der Waals surface area contributed by atoms with Gasteiger partial charge in [0.25, 0.3) is 0 Å². The van der Waals surface area contributed by atoms with E-state index in [2.05, 4.69) is 17.2 Å². The molecule has 1 saturated carbocycles. The van der Waals surface area contributed by atoms with Gasteiger partial charge < -0.3 is 20.5 Å². The fraction of sp³-hybridized carbons (Fsp3) is 0.500. The molecular weight excluding hydrogens is 292 g/mol. The van der Waals surface area contributed by atoms with Crippen molar-refractivity contribution < 1.29 is 14.6 Å². The summed E-state index contributed by atoms with van der Waals surface area (Å²) in [5.74, 6) is 0.732. The molecule has 5 heteroatoms. The molecule has 23 heavy (non-hydrogen) atoms. The number of aliphatic hydroxyl groups is 1. The second-order valence-electron chi connectivity index (χ2n) is 6.36. The van der Waals surface area contributed by atoms with Gasteiger partial charge in [0.1, 0.15) is 12.4 Å².